The SMILES string of the molecule is C=C(C)Nc1cc(Br)ccn1. The van der Waals surface area contributed by atoms with E-state index in [2.05, 4.69) is 32.8 Å². The van der Waals surface area contributed by atoms with Crippen LogP contribution in [0.4, 0.5) is 5.82 Å². The molecular weight excluding hydrogens is 204 g/mol. The third-order valence-electron chi connectivity index (χ3n) is 1.06. The zero-order valence-electron chi connectivity index (χ0n) is 6.26. The summed E-state index contributed by atoms with van der Waals surface area (Å²) in [5.41, 5.74) is 0.885. The molecule has 0 atom stereocenters. The highest BCUT2D eigenvalue weighted by molar-refractivity contribution is 9.10. The number of hydrogen-bond acceptors (Lipinski definition) is 2. The number of rotatable bonds is 2. The molecule has 0 amide bonds. The fourth-order valence-electron chi connectivity index (χ4n) is 0.692. The molecule has 0 fully saturated rings. The fourth-order valence-corrected chi connectivity index (χ4v) is 1.03. The van der Waals surface area contributed by atoms with Crippen LogP contribution < -0.4 is 5.32 Å². The average Bonchev–Trinajstić information content (AvgIpc) is 1.85. The number of anilines is 1. The van der Waals surface area contributed by atoms with E-state index in [9.17, 15) is 0 Å². The number of pyridine rings is 1. The number of aromatic nitrogens is 1. The standard InChI is InChI=1S/C8H9BrN2/c1-6(2)11-8-5-7(9)3-4-10-8/h3-5H,1H2,2H3,(H,10,11). The molecule has 0 aliphatic heterocycles. The van der Waals surface area contributed by atoms with Crippen molar-refractivity contribution in [2.45, 2.75) is 6.92 Å². The van der Waals surface area contributed by atoms with Crippen molar-refractivity contribution in [1.29, 1.82) is 0 Å². The van der Waals surface area contributed by atoms with Gasteiger partial charge in [0.05, 0.1) is 0 Å². The predicted octanol–water partition coefficient (Wildman–Crippen LogP) is 2.79. The zero-order chi connectivity index (χ0) is 8.27. The molecule has 1 aromatic rings. The van der Waals surface area contributed by atoms with E-state index >= 15 is 0 Å². The fraction of sp³-hybridized carbons (Fsp3) is 0.125. The second kappa shape index (κ2) is 3.53. The summed E-state index contributed by atoms with van der Waals surface area (Å²) in [7, 11) is 0. The maximum atomic E-state index is 4.08. The van der Waals surface area contributed by atoms with Gasteiger partial charge in [-0.2, -0.15) is 0 Å². The van der Waals surface area contributed by atoms with E-state index in [-0.39, 0.29) is 0 Å². The minimum absolute atomic E-state index is 0.812. The topological polar surface area (TPSA) is 24.9 Å². The Balaban J connectivity index is 2.79. The highest BCUT2D eigenvalue weighted by atomic mass is 79.9. The van der Waals surface area contributed by atoms with Gasteiger partial charge in [-0.05, 0) is 19.1 Å². The molecule has 0 bridgehead atoms. The first kappa shape index (κ1) is 8.27. The van der Waals surface area contributed by atoms with Crippen LogP contribution in [0.25, 0.3) is 0 Å². The van der Waals surface area contributed by atoms with E-state index in [1.807, 2.05) is 19.1 Å². The van der Waals surface area contributed by atoms with E-state index in [0.717, 1.165) is 16.0 Å². The van der Waals surface area contributed by atoms with E-state index in [1.165, 1.54) is 0 Å². The second-order valence-corrected chi connectivity index (χ2v) is 3.18. The van der Waals surface area contributed by atoms with E-state index in [0.29, 0.717) is 0 Å². The third-order valence-corrected chi connectivity index (χ3v) is 1.56. The number of nitrogens with one attached hydrogen (secondary N) is 1. The molecule has 0 aliphatic rings. The second-order valence-electron chi connectivity index (χ2n) is 2.26. The quantitative estimate of drug-likeness (QED) is 0.816. The van der Waals surface area contributed by atoms with E-state index in [4.69, 9.17) is 0 Å². The minimum atomic E-state index is 0.812. The highest BCUT2D eigenvalue weighted by Crippen LogP contribution is 2.13. The molecule has 0 saturated carbocycles. The van der Waals surface area contributed by atoms with Crippen LogP contribution in [0.3, 0.4) is 0 Å². The van der Waals surface area contributed by atoms with Gasteiger partial charge >= 0.3 is 0 Å². The van der Waals surface area contributed by atoms with Crippen molar-refractivity contribution in [2.24, 2.45) is 0 Å². The van der Waals surface area contributed by atoms with Crippen LogP contribution in [-0.4, -0.2) is 4.98 Å². The van der Waals surface area contributed by atoms with Crippen LogP contribution >= 0.6 is 15.9 Å². The molecule has 2 nitrogen and oxygen atoms in total. The van der Waals surface area contributed by atoms with Crippen LogP contribution in [0.1, 0.15) is 6.92 Å². The number of hydrogen-bond donors (Lipinski definition) is 1. The predicted molar refractivity (Wildman–Crippen MR) is 50.4 cm³/mol. The minimum Gasteiger partial charge on any atom is -0.345 e. The Morgan fingerprint density at radius 1 is 1.73 bits per heavy atom. The van der Waals surface area contributed by atoms with Crippen molar-refractivity contribution < 1.29 is 0 Å². The Kier molecular flexibility index (Phi) is 2.65. The molecule has 0 unspecified atom stereocenters. The molecule has 3 heteroatoms. The summed E-state index contributed by atoms with van der Waals surface area (Å²) in [6, 6.07) is 3.78. The molecule has 0 aromatic carbocycles. The van der Waals surface area contributed by atoms with Gasteiger partial charge in [-0.3, -0.25) is 0 Å². The van der Waals surface area contributed by atoms with Crippen molar-refractivity contribution >= 4 is 21.7 Å². The summed E-state index contributed by atoms with van der Waals surface area (Å²) >= 11 is 3.34. The van der Waals surface area contributed by atoms with Crippen LogP contribution in [0.15, 0.2) is 35.1 Å². The Morgan fingerprint density at radius 3 is 3.00 bits per heavy atom. The molecule has 0 spiro atoms. The van der Waals surface area contributed by atoms with Gasteiger partial charge in [0.1, 0.15) is 5.82 Å². The van der Waals surface area contributed by atoms with Crippen molar-refractivity contribution in [3.05, 3.63) is 35.1 Å². The van der Waals surface area contributed by atoms with Crippen LogP contribution in [-0.2, 0) is 0 Å². The highest BCUT2D eigenvalue weighted by Gasteiger charge is 1.92. The first-order valence-electron chi connectivity index (χ1n) is 3.22. The molecule has 11 heavy (non-hydrogen) atoms. The summed E-state index contributed by atoms with van der Waals surface area (Å²) in [4.78, 5) is 4.08. The van der Waals surface area contributed by atoms with Gasteiger partial charge in [-0.25, -0.2) is 4.98 Å². The summed E-state index contributed by atoms with van der Waals surface area (Å²) in [5.74, 6) is 0.812. The van der Waals surface area contributed by atoms with Gasteiger partial charge in [-0.15, -0.1) is 0 Å². The molecule has 1 aromatic heterocycles. The van der Waals surface area contributed by atoms with Crippen molar-refractivity contribution in [3.8, 4) is 0 Å². The zero-order valence-corrected chi connectivity index (χ0v) is 7.85. The molecular formula is C8H9BrN2. The van der Waals surface area contributed by atoms with Gasteiger partial charge in [0.25, 0.3) is 0 Å². The van der Waals surface area contributed by atoms with Crippen molar-refractivity contribution in [1.82, 2.24) is 4.98 Å². The van der Waals surface area contributed by atoms with Gasteiger partial charge in [0.15, 0.2) is 0 Å². The molecule has 1 heterocycles. The molecule has 1 rings (SSSR count). The third kappa shape index (κ3) is 2.72. The van der Waals surface area contributed by atoms with Crippen LogP contribution in [0, 0.1) is 0 Å². The summed E-state index contributed by atoms with van der Waals surface area (Å²) in [5, 5.41) is 3.01. The monoisotopic (exact) mass is 212 g/mol. The number of halogens is 1. The maximum absolute atomic E-state index is 4.08. The largest absolute Gasteiger partial charge is 0.345 e. The Labute approximate surface area is 74.5 Å². The summed E-state index contributed by atoms with van der Waals surface area (Å²) in [6.07, 6.45) is 1.73. The Morgan fingerprint density at radius 2 is 2.45 bits per heavy atom. The molecule has 0 saturated heterocycles. The average molecular weight is 213 g/mol. The van der Waals surface area contributed by atoms with Gasteiger partial charge in [0, 0.05) is 16.4 Å². The van der Waals surface area contributed by atoms with Gasteiger partial charge < -0.3 is 5.32 Å². The van der Waals surface area contributed by atoms with Crippen molar-refractivity contribution in [3.63, 3.8) is 0 Å². The lowest BCUT2D eigenvalue weighted by atomic mass is 10.4. The maximum Gasteiger partial charge on any atom is 0.131 e. The Bertz CT molecular complexity index is 271. The lowest BCUT2D eigenvalue weighted by Gasteiger charge is -2.02. The van der Waals surface area contributed by atoms with E-state index in [1.54, 1.807) is 6.20 Å². The first-order valence-corrected chi connectivity index (χ1v) is 4.02. The van der Waals surface area contributed by atoms with Gasteiger partial charge in [-0.1, -0.05) is 22.5 Å². The molecule has 0 aliphatic carbocycles. The Hall–Kier alpha value is -0.830. The van der Waals surface area contributed by atoms with E-state index < -0.39 is 0 Å². The summed E-state index contributed by atoms with van der Waals surface area (Å²) in [6.45, 7) is 5.61. The number of allylic oxidation sites excluding steroid dienone is 1. The lowest BCUT2D eigenvalue weighted by molar-refractivity contribution is 1.26. The molecule has 1 N–H and O–H groups in total. The van der Waals surface area contributed by atoms with Crippen molar-refractivity contribution in [2.75, 3.05) is 5.32 Å². The lowest BCUT2D eigenvalue weighted by Crippen LogP contribution is -1.95. The van der Waals surface area contributed by atoms with Crippen LogP contribution in [0.2, 0.25) is 0 Å². The van der Waals surface area contributed by atoms with Crippen LogP contribution in [0.5, 0.6) is 0 Å². The van der Waals surface area contributed by atoms with Gasteiger partial charge in [0.2, 0.25) is 0 Å². The molecule has 58 valence electrons. The first-order chi connectivity index (χ1) is 5.18. The summed E-state index contributed by atoms with van der Waals surface area (Å²) < 4.78 is 1.01. The number of nitrogens with zero attached hydrogens (tertiary/aromatic N) is 1. The molecule has 0 radical (unpaired) electrons. The smallest absolute Gasteiger partial charge is 0.131 e. The normalized spacial score (nSPS) is 9.27.